The van der Waals surface area contributed by atoms with Gasteiger partial charge in [0.1, 0.15) is 17.2 Å². The van der Waals surface area contributed by atoms with Gasteiger partial charge in [0.25, 0.3) is 5.91 Å². The van der Waals surface area contributed by atoms with E-state index in [4.69, 9.17) is 16.3 Å². The normalized spacial score (nSPS) is 20.7. The predicted octanol–water partition coefficient (Wildman–Crippen LogP) is 5.12. The maximum atomic E-state index is 15.4. The van der Waals surface area contributed by atoms with Gasteiger partial charge in [-0.25, -0.2) is 8.78 Å². The number of pyridine rings is 1. The van der Waals surface area contributed by atoms with Crippen molar-refractivity contribution in [1.29, 1.82) is 0 Å². The summed E-state index contributed by atoms with van der Waals surface area (Å²) in [5.41, 5.74) is -0.209. The summed E-state index contributed by atoms with van der Waals surface area (Å²) in [6.07, 6.45) is 3.88. The number of piperidine rings is 1. The molecule has 1 aromatic carbocycles. The van der Waals surface area contributed by atoms with Gasteiger partial charge >= 0.3 is 0 Å². The summed E-state index contributed by atoms with van der Waals surface area (Å²) >= 11 is 6.04. The lowest BCUT2D eigenvalue weighted by Crippen LogP contribution is -2.46. The number of fused-ring (bicyclic) bond motifs is 1. The van der Waals surface area contributed by atoms with Gasteiger partial charge in [0.15, 0.2) is 11.6 Å². The molecule has 3 heterocycles. The van der Waals surface area contributed by atoms with Crippen LogP contribution in [0.2, 0.25) is 5.02 Å². The summed E-state index contributed by atoms with van der Waals surface area (Å²) in [5.74, 6) is -2.14. The van der Waals surface area contributed by atoms with Crippen molar-refractivity contribution >= 4 is 34.8 Å². The fraction of sp³-hybridized carbons (Fsp3) is 0.480. The van der Waals surface area contributed by atoms with E-state index >= 15 is 4.39 Å². The first-order chi connectivity index (χ1) is 17.2. The highest BCUT2D eigenvalue weighted by Crippen LogP contribution is 2.55. The molecule has 8 nitrogen and oxygen atoms in total. The van der Waals surface area contributed by atoms with E-state index in [-0.39, 0.29) is 39.5 Å². The first-order valence-electron chi connectivity index (χ1n) is 12.2. The molecule has 3 aliphatic rings. The zero-order valence-corrected chi connectivity index (χ0v) is 20.9. The van der Waals surface area contributed by atoms with E-state index in [1.165, 1.54) is 12.1 Å². The van der Waals surface area contributed by atoms with E-state index in [0.29, 0.717) is 18.8 Å². The van der Waals surface area contributed by atoms with Crippen LogP contribution in [0.5, 0.6) is 5.88 Å². The van der Waals surface area contributed by atoms with Crippen LogP contribution in [0.25, 0.3) is 0 Å². The summed E-state index contributed by atoms with van der Waals surface area (Å²) in [6.45, 7) is 4.42. The third-order valence-electron chi connectivity index (χ3n) is 7.02. The molecule has 1 spiro atoms. The molecule has 2 atom stereocenters. The monoisotopic (exact) mass is 519 g/mol. The summed E-state index contributed by atoms with van der Waals surface area (Å²) < 4.78 is 35.6. The van der Waals surface area contributed by atoms with Crippen LogP contribution in [0.4, 0.5) is 20.3 Å². The summed E-state index contributed by atoms with van der Waals surface area (Å²) in [7, 11) is 0. The molecule has 0 bridgehead atoms. The molecule has 5 rings (SSSR count). The molecular formula is C25H28ClF2N5O3. The van der Waals surface area contributed by atoms with E-state index in [2.05, 4.69) is 15.4 Å². The molecule has 1 saturated heterocycles. The number of aromatic nitrogens is 1. The average Bonchev–Trinajstić information content (AvgIpc) is 3.50. The lowest BCUT2D eigenvalue weighted by atomic mass is 9.93. The minimum atomic E-state index is -1.21. The molecule has 1 saturated carbocycles. The molecule has 2 aromatic rings. The van der Waals surface area contributed by atoms with E-state index in [0.717, 1.165) is 49.2 Å². The van der Waals surface area contributed by atoms with E-state index in [1.807, 2.05) is 13.8 Å². The van der Waals surface area contributed by atoms with Gasteiger partial charge in [-0.1, -0.05) is 31.0 Å². The average molecular weight is 520 g/mol. The quantitative estimate of drug-likeness (QED) is 0.528. The number of nitrogens with one attached hydrogen (secondary N) is 1. The Kier molecular flexibility index (Phi) is 6.50. The number of carbonyl (C=O) groups excluding carboxylic acids is 1. The molecule has 2 N–H and O–H groups in total. The number of carbonyl (C=O) groups is 1. The number of anilines is 2. The molecule has 2 fully saturated rings. The van der Waals surface area contributed by atoms with Crippen LogP contribution in [-0.2, 0) is 0 Å². The number of nitrogens with zero attached hydrogens (tertiary/aromatic N) is 4. The minimum Gasteiger partial charge on any atom is -0.474 e. The molecule has 1 unspecified atom stereocenters. The van der Waals surface area contributed by atoms with Crippen LogP contribution < -0.4 is 15.1 Å². The number of amides is 1. The first-order valence-corrected chi connectivity index (χ1v) is 12.5. The predicted molar refractivity (Wildman–Crippen MR) is 132 cm³/mol. The van der Waals surface area contributed by atoms with Crippen LogP contribution in [0.3, 0.4) is 0 Å². The number of para-hydroxylation sites is 1. The molecule has 1 aliphatic carbocycles. The van der Waals surface area contributed by atoms with Crippen molar-refractivity contribution in [3.63, 3.8) is 0 Å². The number of ether oxygens (including phenoxy) is 1. The van der Waals surface area contributed by atoms with Crippen molar-refractivity contribution in [3.8, 4) is 5.88 Å². The second-order valence-corrected chi connectivity index (χ2v) is 10.1. The number of halogens is 3. The smallest absolute Gasteiger partial charge is 0.261 e. The van der Waals surface area contributed by atoms with Crippen LogP contribution in [0, 0.1) is 17.0 Å². The Balaban J connectivity index is 1.49. The second-order valence-electron chi connectivity index (χ2n) is 9.74. The summed E-state index contributed by atoms with van der Waals surface area (Å²) in [5, 5.41) is 18.9. The van der Waals surface area contributed by atoms with Crippen LogP contribution in [0.15, 0.2) is 29.4 Å². The van der Waals surface area contributed by atoms with Crippen LogP contribution in [0.1, 0.15) is 62.7 Å². The SMILES string of the molecule is CCC[C@H](C)Oc1nc(N2N=C3CC4(CCN3C2O)CC4)c(F)cc1C(=O)Nc1c(F)cccc1Cl. The molecule has 11 heteroatoms. The summed E-state index contributed by atoms with van der Waals surface area (Å²) in [4.78, 5) is 19.1. The number of hydrogen-bond acceptors (Lipinski definition) is 7. The van der Waals surface area contributed by atoms with Gasteiger partial charge < -0.3 is 20.1 Å². The Morgan fingerprint density at radius 1 is 1.33 bits per heavy atom. The Morgan fingerprint density at radius 3 is 2.81 bits per heavy atom. The molecule has 1 aromatic heterocycles. The first kappa shape index (κ1) is 24.7. The van der Waals surface area contributed by atoms with Gasteiger partial charge in [-0.05, 0) is 56.2 Å². The van der Waals surface area contributed by atoms with Gasteiger partial charge in [-0.15, -0.1) is 0 Å². The van der Waals surface area contributed by atoms with Gasteiger partial charge in [0, 0.05) is 13.0 Å². The van der Waals surface area contributed by atoms with Gasteiger partial charge in [-0.2, -0.15) is 15.1 Å². The number of amidine groups is 1. The Labute approximate surface area is 212 Å². The fourth-order valence-corrected chi connectivity index (χ4v) is 4.96. The largest absolute Gasteiger partial charge is 0.474 e. The lowest BCUT2D eigenvalue weighted by Gasteiger charge is -2.33. The van der Waals surface area contributed by atoms with Crippen molar-refractivity contribution in [1.82, 2.24) is 9.88 Å². The third-order valence-corrected chi connectivity index (χ3v) is 7.33. The van der Waals surface area contributed by atoms with Gasteiger partial charge in [0.05, 0.1) is 16.8 Å². The topological polar surface area (TPSA) is 90.3 Å². The highest BCUT2D eigenvalue weighted by molar-refractivity contribution is 6.34. The Hall–Kier alpha value is -2.98. The van der Waals surface area contributed by atoms with Gasteiger partial charge in [-0.3, -0.25) is 4.79 Å². The number of rotatable bonds is 7. The molecule has 1 amide bonds. The van der Waals surface area contributed by atoms with E-state index < -0.39 is 23.9 Å². The zero-order chi connectivity index (χ0) is 25.6. The second kappa shape index (κ2) is 9.48. The van der Waals surface area contributed by atoms with Crippen molar-refractivity contribution in [2.24, 2.45) is 10.5 Å². The standard InChI is InChI=1S/C25H28ClF2N5O3/c1-3-5-14(2)36-23-15(22(34)29-20-16(26)6-4-7-17(20)27)12-18(28)21(30-23)33-24(35)32-11-10-25(8-9-25)13-19(32)31-33/h4,6-7,12,14,24,35H,3,5,8-11,13H2,1-2H3,(H,29,34)/t14-,24?/m0/s1. The lowest BCUT2D eigenvalue weighted by molar-refractivity contribution is 0.0515. The van der Waals surface area contributed by atoms with Crippen molar-refractivity contribution < 1.29 is 23.4 Å². The zero-order valence-electron chi connectivity index (χ0n) is 20.1. The number of hydrogen-bond donors (Lipinski definition) is 2. The molecular weight excluding hydrogens is 492 g/mol. The Bertz CT molecular complexity index is 1200. The van der Waals surface area contributed by atoms with E-state index in [9.17, 15) is 14.3 Å². The van der Waals surface area contributed by atoms with Crippen molar-refractivity contribution in [3.05, 3.63) is 46.5 Å². The Morgan fingerprint density at radius 2 is 2.11 bits per heavy atom. The van der Waals surface area contributed by atoms with Gasteiger partial charge in [0.2, 0.25) is 12.2 Å². The highest BCUT2D eigenvalue weighted by Gasteiger charge is 2.51. The highest BCUT2D eigenvalue weighted by atomic mass is 35.5. The fourth-order valence-electron chi connectivity index (χ4n) is 4.75. The number of hydrazone groups is 1. The maximum Gasteiger partial charge on any atom is 0.261 e. The molecule has 36 heavy (non-hydrogen) atoms. The van der Waals surface area contributed by atoms with Crippen molar-refractivity contribution in [2.45, 2.75) is 64.8 Å². The minimum absolute atomic E-state index is 0.00340. The van der Waals surface area contributed by atoms with Crippen LogP contribution in [-0.4, -0.2) is 45.7 Å². The van der Waals surface area contributed by atoms with Crippen molar-refractivity contribution in [2.75, 3.05) is 16.9 Å². The van der Waals surface area contributed by atoms with E-state index in [1.54, 1.807) is 4.90 Å². The van der Waals surface area contributed by atoms with Crippen LogP contribution >= 0.6 is 11.6 Å². The number of aliphatic hydroxyl groups is 1. The maximum absolute atomic E-state index is 15.4. The molecule has 0 radical (unpaired) electrons. The number of benzene rings is 1. The number of aliphatic hydroxyl groups excluding tert-OH is 1. The summed E-state index contributed by atoms with van der Waals surface area (Å²) in [6, 6.07) is 4.95. The third kappa shape index (κ3) is 4.59. The molecule has 2 aliphatic heterocycles. The molecule has 192 valence electrons.